The Morgan fingerprint density at radius 2 is 1.84 bits per heavy atom. The van der Waals surface area contributed by atoms with E-state index in [1.54, 1.807) is 0 Å². The smallest absolute Gasteiger partial charge is 0.253 e. The van der Waals surface area contributed by atoms with Crippen LogP contribution in [0.25, 0.3) is 10.9 Å². The number of aromatic nitrogens is 1. The van der Waals surface area contributed by atoms with Gasteiger partial charge in [-0.2, -0.15) is 0 Å². The predicted octanol–water partition coefficient (Wildman–Crippen LogP) is 4.76. The Kier molecular flexibility index (Phi) is 5.10. The van der Waals surface area contributed by atoms with E-state index in [-0.39, 0.29) is 11.9 Å². The highest BCUT2D eigenvalue weighted by Crippen LogP contribution is 2.59. The molecule has 1 amide bonds. The Labute approximate surface area is 195 Å². The quantitative estimate of drug-likeness (QED) is 0.701. The standard InChI is InChI=1S/C26H33ClN4O/c27-21-4-5-22-20(3-6-23(30-22)31-7-1-2-19(28)14-31)24(21)25(32)29-15-26-11-16-8-17(12-26)10-18(9-16)13-26/h3-6,16-19H,1-2,7-15,28H2,(H,29,32)/t16?,17?,18?,19-,26?/m0/s1. The average Bonchev–Trinajstić information content (AvgIpc) is 2.76. The Bertz CT molecular complexity index is 1020. The number of fused-ring (bicyclic) bond motifs is 1. The minimum atomic E-state index is -0.0640. The lowest BCUT2D eigenvalue weighted by Gasteiger charge is -2.56. The van der Waals surface area contributed by atoms with Crippen molar-refractivity contribution in [2.75, 3.05) is 24.5 Å². The van der Waals surface area contributed by atoms with E-state index in [0.29, 0.717) is 16.0 Å². The highest BCUT2D eigenvalue weighted by Gasteiger charge is 2.50. The van der Waals surface area contributed by atoms with Crippen LogP contribution in [0.4, 0.5) is 5.82 Å². The highest BCUT2D eigenvalue weighted by molar-refractivity contribution is 6.35. The molecule has 4 aliphatic carbocycles. The van der Waals surface area contributed by atoms with Crippen LogP contribution in [0.2, 0.25) is 5.02 Å². The Morgan fingerprint density at radius 1 is 1.12 bits per heavy atom. The number of carbonyl (C=O) groups excluding carboxylic acids is 1. The Balaban J connectivity index is 1.23. The first-order chi connectivity index (χ1) is 15.5. The molecule has 0 spiro atoms. The number of nitrogens with one attached hydrogen (secondary N) is 1. The zero-order valence-corrected chi connectivity index (χ0v) is 19.4. The summed E-state index contributed by atoms with van der Waals surface area (Å²) >= 11 is 6.54. The van der Waals surface area contributed by atoms with Crippen molar-refractivity contribution in [1.82, 2.24) is 10.3 Å². The van der Waals surface area contributed by atoms with Crippen molar-refractivity contribution >= 4 is 34.2 Å². The van der Waals surface area contributed by atoms with E-state index < -0.39 is 0 Å². The number of hydrogen-bond donors (Lipinski definition) is 2. The van der Waals surface area contributed by atoms with Crippen molar-refractivity contribution in [3.8, 4) is 0 Å². The number of hydrogen-bond acceptors (Lipinski definition) is 4. The van der Waals surface area contributed by atoms with Crippen molar-refractivity contribution in [1.29, 1.82) is 0 Å². The molecule has 170 valence electrons. The lowest BCUT2D eigenvalue weighted by Crippen LogP contribution is -2.51. The third kappa shape index (κ3) is 3.67. The number of carbonyl (C=O) groups is 1. The zero-order chi connectivity index (χ0) is 21.9. The molecule has 3 N–H and O–H groups in total. The Morgan fingerprint density at radius 3 is 2.53 bits per heavy atom. The maximum atomic E-state index is 13.4. The normalized spacial score (nSPS) is 33.6. The second-order valence-corrected chi connectivity index (χ2v) is 11.5. The van der Waals surface area contributed by atoms with Gasteiger partial charge in [-0.25, -0.2) is 4.98 Å². The van der Waals surface area contributed by atoms with Crippen LogP contribution in [-0.4, -0.2) is 36.6 Å². The third-order valence-corrected chi connectivity index (χ3v) is 8.92. The second kappa shape index (κ2) is 7.88. The van der Waals surface area contributed by atoms with E-state index in [9.17, 15) is 4.79 Å². The summed E-state index contributed by atoms with van der Waals surface area (Å²) in [5.41, 5.74) is 7.84. The average molecular weight is 453 g/mol. The van der Waals surface area contributed by atoms with Gasteiger partial charge in [0.25, 0.3) is 5.91 Å². The van der Waals surface area contributed by atoms with Gasteiger partial charge in [-0.1, -0.05) is 11.6 Å². The topological polar surface area (TPSA) is 71.2 Å². The number of pyridine rings is 1. The number of anilines is 1. The molecule has 6 heteroatoms. The Hall–Kier alpha value is -1.85. The number of piperidine rings is 1. The van der Waals surface area contributed by atoms with Crippen molar-refractivity contribution in [3.05, 3.63) is 34.9 Å². The molecule has 7 rings (SSSR count). The summed E-state index contributed by atoms with van der Waals surface area (Å²) < 4.78 is 0. The van der Waals surface area contributed by atoms with Gasteiger partial charge in [0.1, 0.15) is 5.82 Å². The molecule has 5 fully saturated rings. The molecule has 1 saturated heterocycles. The molecule has 2 aromatic rings. The van der Waals surface area contributed by atoms with Gasteiger partial charge in [-0.3, -0.25) is 4.79 Å². The van der Waals surface area contributed by atoms with Crippen molar-refractivity contribution in [3.63, 3.8) is 0 Å². The van der Waals surface area contributed by atoms with Crippen LogP contribution in [0.15, 0.2) is 24.3 Å². The number of amides is 1. The van der Waals surface area contributed by atoms with Gasteiger partial charge in [0, 0.05) is 31.1 Å². The third-order valence-electron chi connectivity index (χ3n) is 8.60. The van der Waals surface area contributed by atoms with Gasteiger partial charge in [-0.15, -0.1) is 0 Å². The summed E-state index contributed by atoms with van der Waals surface area (Å²) in [6.07, 6.45) is 10.2. The van der Waals surface area contributed by atoms with Crippen molar-refractivity contribution < 1.29 is 4.79 Å². The summed E-state index contributed by atoms with van der Waals surface area (Å²) in [6.45, 7) is 2.57. The SMILES string of the molecule is N[C@H]1CCCN(c2ccc3c(C(=O)NCC45CC6CC(CC(C6)C4)C5)c(Cl)ccc3n2)C1. The van der Waals surface area contributed by atoms with Crippen LogP contribution < -0.4 is 16.0 Å². The molecule has 0 unspecified atom stereocenters. The fourth-order valence-corrected chi connectivity index (χ4v) is 7.90. The first-order valence-electron chi connectivity index (χ1n) is 12.4. The molecule has 5 aliphatic rings. The first kappa shape index (κ1) is 20.7. The number of halogens is 1. The van der Waals surface area contributed by atoms with Crippen LogP contribution in [-0.2, 0) is 0 Å². The molecule has 1 aromatic carbocycles. The molecule has 2 heterocycles. The van der Waals surface area contributed by atoms with Gasteiger partial charge >= 0.3 is 0 Å². The highest BCUT2D eigenvalue weighted by atomic mass is 35.5. The molecular weight excluding hydrogens is 420 g/mol. The maximum absolute atomic E-state index is 13.4. The van der Waals surface area contributed by atoms with Gasteiger partial charge in [0.15, 0.2) is 0 Å². The summed E-state index contributed by atoms with van der Waals surface area (Å²) in [6, 6.07) is 7.93. The summed E-state index contributed by atoms with van der Waals surface area (Å²) in [5, 5.41) is 4.61. The zero-order valence-electron chi connectivity index (χ0n) is 18.7. The number of nitrogens with two attached hydrogens (primary N) is 1. The number of benzene rings is 1. The molecule has 1 aliphatic heterocycles. The van der Waals surface area contributed by atoms with Gasteiger partial charge in [-0.05, 0) is 98.8 Å². The molecule has 1 atom stereocenters. The number of rotatable bonds is 4. The van der Waals surface area contributed by atoms with E-state index >= 15 is 0 Å². The van der Waals surface area contributed by atoms with Gasteiger partial charge in [0.2, 0.25) is 0 Å². The molecule has 32 heavy (non-hydrogen) atoms. The van der Waals surface area contributed by atoms with Crippen LogP contribution in [0, 0.1) is 23.2 Å². The minimum Gasteiger partial charge on any atom is -0.355 e. The molecular formula is C26H33ClN4O. The van der Waals surface area contributed by atoms with Gasteiger partial charge < -0.3 is 16.0 Å². The monoisotopic (exact) mass is 452 g/mol. The van der Waals surface area contributed by atoms with Crippen molar-refractivity contribution in [2.45, 2.75) is 57.4 Å². The number of nitrogens with zero attached hydrogens (tertiary/aromatic N) is 2. The van der Waals surface area contributed by atoms with E-state index in [1.165, 1.54) is 38.5 Å². The van der Waals surface area contributed by atoms with E-state index in [0.717, 1.165) is 67.0 Å². The van der Waals surface area contributed by atoms with Crippen LogP contribution in [0.5, 0.6) is 0 Å². The van der Waals surface area contributed by atoms with Gasteiger partial charge in [0.05, 0.1) is 16.1 Å². The van der Waals surface area contributed by atoms with E-state index in [1.807, 2.05) is 24.3 Å². The lowest BCUT2D eigenvalue weighted by molar-refractivity contribution is -0.0503. The molecule has 4 bridgehead atoms. The summed E-state index contributed by atoms with van der Waals surface area (Å²) in [4.78, 5) is 20.5. The maximum Gasteiger partial charge on any atom is 0.253 e. The van der Waals surface area contributed by atoms with Crippen LogP contribution in [0.1, 0.15) is 61.7 Å². The molecule has 0 radical (unpaired) electrons. The molecule has 5 nitrogen and oxygen atoms in total. The van der Waals surface area contributed by atoms with Crippen molar-refractivity contribution in [2.24, 2.45) is 28.9 Å². The van der Waals surface area contributed by atoms with Crippen LogP contribution in [0.3, 0.4) is 0 Å². The molecule has 1 aromatic heterocycles. The largest absolute Gasteiger partial charge is 0.355 e. The fourth-order valence-electron chi connectivity index (χ4n) is 7.65. The first-order valence-corrected chi connectivity index (χ1v) is 12.7. The summed E-state index contributed by atoms with van der Waals surface area (Å²) in [5.74, 6) is 3.50. The van der Waals surface area contributed by atoms with E-state index in [2.05, 4.69) is 10.2 Å². The molecule has 4 saturated carbocycles. The predicted molar refractivity (Wildman–Crippen MR) is 129 cm³/mol. The summed E-state index contributed by atoms with van der Waals surface area (Å²) in [7, 11) is 0. The second-order valence-electron chi connectivity index (χ2n) is 11.1. The van der Waals surface area contributed by atoms with Crippen LogP contribution >= 0.6 is 11.6 Å². The fraction of sp³-hybridized carbons (Fsp3) is 0.615. The lowest BCUT2D eigenvalue weighted by atomic mass is 9.49. The van der Waals surface area contributed by atoms with E-state index in [4.69, 9.17) is 22.3 Å². The minimum absolute atomic E-state index is 0.0640.